The van der Waals surface area contributed by atoms with Gasteiger partial charge in [0.05, 0.1) is 12.1 Å². The highest BCUT2D eigenvalue weighted by Gasteiger charge is 2.24. The number of ether oxygens (including phenoxy) is 1. The number of aromatic amines is 1. The van der Waals surface area contributed by atoms with Gasteiger partial charge in [0.2, 0.25) is 5.91 Å². The van der Waals surface area contributed by atoms with E-state index in [-0.39, 0.29) is 24.3 Å². The molecule has 8 heteroatoms. The lowest BCUT2D eigenvalue weighted by atomic mass is 10.0. The Labute approximate surface area is 197 Å². The Morgan fingerprint density at radius 3 is 2.71 bits per heavy atom. The number of hydrogen-bond acceptors (Lipinski definition) is 6. The van der Waals surface area contributed by atoms with Gasteiger partial charge in [0.1, 0.15) is 17.7 Å². The van der Waals surface area contributed by atoms with Crippen LogP contribution in [0.3, 0.4) is 0 Å². The first-order chi connectivity index (χ1) is 16.7. The number of rotatable bonds is 7. The van der Waals surface area contributed by atoms with Crippen molar-refractivity contribution < 1.29 is 14.3 Å². The SMILES string of the molecule is O=C(c1ccc2cc[nH]c2c1)c1cccnc1NCC(=O)N1CCC(Oc2ccncc2)CC1. The molecule has 5 rings (SSSR count). The lowest BCUT2D eigenvalue weighted by molar-refractivity contribution is -0.131. The molecule has 172 valence electrons. The molecule has 34 heavy (non-hydrogen) atoms. The van der Waals surface area contributed by atoms with Gasteiger partial charge in [-0.1, -0.05) is 12.1 Å². The highest BCUT2D eigenvalue weighted by atomic mass is 16.5. The summed E-state index contributed by atoms with van der Waals surface area (Å²) < 4.78 is 5.98. The van der Waals surface area contributed by atoms with Crippen LogP contribution in [0.1, 0.15) is 28.8 Å². The molecular weight excluding hydrogens is 430 g/mol. The fourth-order valence-electron chi connectivity index (χ4n) is 4.18. The minimum Gasteiger partial charge on any atom is -0.490 e. The molecule has 0 atom stereocenters. The van der Waals surface area contributed by atoms with E-state index in [2.05, 4.69) is 20.3 Å². The summed E-state index contributed by atoms with van der Waals surface area (Å²) in [5, 5.41) is 4.12. The third-order valence-electron chi connectivity index (χ3n) is 6.02. The second kappa shape index (κ2) is 9.74. The van der Waals surface area contributed by atoms with E-state index < -0.39 is 0 Å². The van der Waals surface area contributed by atoms with Gasteiger partial charge in [-0.3, -0.25) is 14.6 Å². The van der Waals surface area contributed by atoms with Crippen LogP contribution in [0.4, 0.5) is 5.82 Å². The molecule has 2 N–H and O–H groups in total. The van der Waals surface area contributed by atoms with Gasteiger partial charge in [-0.05, 0) is 41.8 Å². The first-order valence-corrected chi connectivity index (χ1v) is 11.3. The molecule has 1 aliphatic heterocycles. The van der Waals surface area contributed by atoms with Gasteiger partial charge in [-0.15, -0.1) is 0 Å². The highest BCUT2D eigenvalue weighted by Crippen LogP contribution is 2.21. The number of aromatic nitrogens is 3. The number of carbonyl (C=O) groups is 2. The summed E-state index contributed by atoms with van der Waals surface area (Å²) >= 11 is 0. The summed E-state index contributed by atoms with van der Waals surface area (Å²) in [6.45, 7) is 1.32. The van der Waals surface area contributed by atoms with Crippen LogP contribution in [-0.4, -0.2) is 57.3 Å². The largest absolute Gasteiger partial charge is 0.490 e. The van der Waals surface area contributed by atoms with E-state index in [4.69, 9.17) is 4.74 Å². The zero-order chi connectivity index (χ0) is 23.3. The zero-order valence-electron chi connectivity index (χ0n) is 18.6. The van der Waals surface area contributed by atoms with Crippen LogP contribution < -0.4 is 10.1 Å². The Morgan fingerprint density at radius 2 is 1.88 bits per heavy atom. The van der Waals surface area contributed by atoms with Gasteiger partial charge in [-0.25, -0.2) is 4.98 Å². The summed E-state index contributed by atoms with van der Waals surface area (Å²) in [4.78, 5) is 39.2. The molecule has 0 spiro atoms. The smallest absolute Gasteiger partial charge is 0.241 e. The van der Waals surface area contributed by atoms with Gasteiger partial charge in [-0.2, -0.15) is 0 Å². The summed E-state index contributed by atoms with van der Waals surface area (Å²) in [5.41, 5.74) is 1.90. The maximum absolute atomic E-state index is 13.2. The van der Waals surface area contributed by atoms with Crippen molar-refractivity contribution in [2.45, 2.75) is 18.9 Å². The lowest BCUT2D eigenvalue weighted by Gasteiger charge is -2.32. The van der Waals surface area contributed by atoms with Crippen LogP contribution in [0.15, 0.2) is 73.3 Å². The summed E-state index contributed by atoms with van der Waals surface area (Å²) in [5.74, 6) is 1.03. The van der Waals surface area contributed by atoms with Gasteiger partial charge in [0.25, 0.3) is 0 Å². The molecule has 1 saturated heterocycles. The van der Waals surface area contributed by atoms with E-state index >= 15 is 0 Å². The Hall–Kier alpha value is -4.20. The van der Waals surface area contributed by atoms with E-state index in [9.17, 15) is 9.59 Å². The summed E-state index contributed by atoms with van der Waals surface area (Å²) in [7, 11) is 0. The number of fused-ring (bicyclic) bond motifs is 1. The quantitative estimate of drug-likeness (QED) is 0.413. The number of carbonyl (C=O) groups excluding carboxylic acids is 2. The van der Waals surface area contributed by atoms with Crippen molar-refractivity contribution >= 4 is 28.4 Å². The Bertz CT molecular complexity index is 1300. The van der Waals surface area contributed by atoms with Crippen molar-refractivity contribution in [2.24, 2.45) is 0 Å². The number of benzene rings is 1. The molecule has 4 aromatic rings. The van der Waals surface area contributed by atoms with Gasteiger partial charge >= 0.3 is 0 Å². The molecule has 0 aliphatic carbocycles. The summed E-state index contributed by atoms with van der Waals surface area (Å²) in [6, 6.07) is 14.6. The standard InChI is InChI=1S/C26H25N5O3/c32-24(31-14-8-21(9-15-31)34-20-6-11-27-12-7-20)17-30-26-22(2-1-10-29-26)25(33)19-4-3-18-5-13-28-23(18)16-19/h1-7,10-13,16,21,28H,8-9,14-15,17H2,(H,29,30). The minimum atomic E-state index is -0.145. The molecule has 0 bridgehead atoms. The van der Waals surface area contributed by atoms with E-state index in [1.165, 1.54) is 0 Å². The minimum absolute atomic E-state index is 0.0285. The van der Waals surface area contributed by atoms with Crippen LogP contribution >= 0.6 is 0 Å². The van der Waals surface area contributed by atoms with Crippen LogP contribution in [0.5, 0.6) is 5.75 Å². The van der Waals surface area contributed by atoms with Gasteiger partial charge < -0.3 is 19.9 Å². The third-order valence-corrected chi connectivity index (χ3v) is 6.02. The molecular formula is C26H25N5O3. The average Bonchev–Trinajstić information content (AvgIpc) is 3.36. The van der Waals surface area contributed by atoms with Crippen molar-refractivity contribution in [1.82, 2.24) is 19.9 Å². The molecule has 0 saturated carbocycles. The number of hydrogen-bond donors (Lipinski definition) is 2. The van der Waals surface area contributed by atoms with Gasteiger partial charge in [0.15, 0.2) is 5.78 Å². The normalized spacial score (nSPS) is 14.2. The lowest BCUT2D eigenvalue weighted by Crippen LogP contribution is -2.44. The average molecular weight is 456 g/mol. The Kier molecular flexibility index (Phi) is 6.20. The number of H-pyrrole nitrogens is 1. The van der Waals surface area contributed by atoms with Crippen molar-refractivity contribution in [2.75, 3.05) is 25.0 Å². The topological polar surface area (TPSA) is 100 Å². The van der Waals surface area contributed by atoms with E-state index in [0.717, 1.165) is 29.5 Å². The number of nitrogens with one attached hydrogen (secondary N) is 2. The number of anilines is 1. The van der Waals surface area contributed by atoms with Crippen molar-refractivity contribution in [3.8, 4) is 5.75 Å². The molecule has 0 radical (unpaired) electrons. The molecule has 0 unspecified atom stereocenters. The second-order valence-corrected chi connectivity index (χ2v) is 8.24. The van der Waals surface area contributed by atoms with Crippen molar-refractivity contribution in [3.05, 3.63) is 84.4 Å². The van der Waals surface area contributed by atoms with Crippen LogP contribution in [0, 0.1) is 0 Å². The molecule has 4 heterocycles. The fourth-order valence-corrected chi connectivity index (χ4v) is 4.18. The number of pyridine rings is 2. The predicted molar refractivity (Wildman–Crippen MR) is 129 cm³/mol. The third kappa shape index (κ3) is 4.76. The fraction of sp³-hybridized carbons (Fsp3) is 0.231. The van der Waals surface area contributed by atoms with E-state index in [0.29, 0.717) is 30.0 Å². The van der Waals surface area contributed by atoms with Crippen LogP contribution in [0.2, 0.25) is 0 Å². The molecule has 3 aromatic heterocycles. The Balaban J connectivity index is 1.19. The molecule has 8 nitrogen and oxygen atoms in total. The molecule has 1 fully saturated rings. The number of likely N-dealkylation sites (tertiary alicyclic amines) is 1. The Morgan fingerprint density at radius 1 is 1.06 bits per heavy atom. The first kappa shape index (κ1) is 21.6. The number of piperidine rings is 1. The molecule has 1 aliphatic rings. The van der Waals surface area contributed by atoms with Crippen molar-refractivity contribution in [3.63, 3.8) is 0 Å². The molecule has 1 amide bonds. The van der Waals surface area contributed by atoms with Crippen LogP contribution in [0.25, 0.3) is 10.9 Å². The number of amides is 1. The number of nitrogens with zero attached hydrogens (tertiary/aromatic N) is 3. The maximum Gasteiger partial charge on any atom is 0.241 e. The van der Waals surface area contributed by atoms with E-state index in [1.54, 1.807) is 36.8 Å². The van der Waals surface area contributed by atoms with Crippen molar-refractivity contribution in [1.29, 1.82) is 0 Å². The monoisotopic (exact) mass is 455 g/mol. The second-order valence-electron chi connectivity index (χ2n) is 8.24. The summed E-state index contributed by atoms with van der Waals surface area (Å²) in [6.07, 6.45) is 8.47. The first-order valence-electron chi connectivity index (χ1n) is 11.3. The number of ketones is 1. The maximum atomic E-state index is 13.2. The highest BCUT2D eigenvalue weighted by molar-refractivity contribution is 6.13. The van der Waals surface area contributed by atoms with Crippen LogP contribution in [-0.2, 0) is 4.79 Å². The van der Waals surface area contributed by atoms with E-state index in [1.807, 2.05) is 41.4 Å². The van der Waals surface area contributed by atoms with Gasteiger partial charge in [0, 0.05) is 61.8 Å². The predicted octanol–water partition coefficient (Wildman–Crippen LogP) is 3.67. The zero-order valence-corrected chi connectivity index (χ0v) is 18.6. The molecule has 1 aromatic carbocycles.